The molecular weight excluding hydrogens is 260 g/mol. The maximum Gasteiger partial charge on any atom is 0.336 e. The molecule has 0 bridgehead atoms. The molecule has 1 aliphatic heterocycles. The average molecular weight is 274 g/mol. The lowest BCUT2D eigenvalue weighted by Crippen LogP contribution is -2.42. The van der Waals surface area contributed by atoms with E-state index >= 15 is 0 Å². The molecule has 0 aliphatic carbocycles. The number of rotatable bonds is 5. The van der Waals surface area contributed by atoms with Crippen LogP contribution in [0.4, 0.5) is 0 Å². The van der Waals surface area contributed by atoms with Crippen LogP contribution in [0, 0.1) is 0 Å². The highest BCUT2D eigenvalue weighted by Crippen LogP contribution is 2.15. The summed E-state index contributed by atoms with van der Waals surface area (Å²) in [5.74, 6) is -5.02. The van der Waals surface area contributed by atoms with Crippen molar-refractivity contribution in [1.82, 2.24) is 0 Å². The molecule has 0 saturated heterocycles. The largest absolute Gasteiger partial charge is 0.497 e. The summed E-state index contributed by atoms with van der Waals surface area (Å²) in [6.07, 6.45) is 5.18. The Bertz CT molecular complexity index is 367. The van der Waals surface area contributed by atoms with Crippen molar-refractivity contribution in [3.8, 4) is 0 Å². The minimum Gasteiger partial charge on any atom is -0.497 e. The Morgan fingerprint density at radius 1 is 1.05 bits per heavy atom. The first-order valence-corrected chi connectivity index (χ1v) is 5.10. The predicted octanol–water partition coefficient (Wildman–Crippen LogP) is -0.162. The zero-order valence-electron chi connectivity index (χ0n) is 9.85. The number of carbonyl (C=O) groups is 3. The fourth-order valence-corrected chi connectivity index (χ4v) is 1.06. The molecule has 0 spiro atoms. The number of carboxylic acids is 3. The third kappa shape index (κ3) is 7.55. The Hall–Kier alpha value is -2.35. The lowest BCUT2D eigenvalue weighted by Gasteiger charge is -2.18. The van der Waals surface area contributed by atoms with Crippen LogP contribution >= 0.6 is 0 Å². The van der Waals surface area contributed by atoms with E-state index in [4.69, 9.17) is 25.2 Å². The van der Waals surface area contributed by atoms with Crippen LogP contribution in [0.25, 0.3) is 0 Å². The highest BCUT2D eigenvalue weighted by Gasteiger charge is 2.40. The van der Waals surface area contributed by atoms with Gasteiger partial charge in [0.1, 0.15) is 6.61 Å². The number of aliphatic carboxylic acids is 3. The highest BCUT2D eigenvalue weighted by atomic mass is 16.5. The molecule has 1 aliphatic rings. The van der Waals surface area contributed by atoms with Crippen molar-refractivity contribution in [1.29, 1.82) is 0 Å². The summed E-state index contributed by atoms with van der Waals surface area (Å²) < 4.78 is 4.80. The van der Waals surface area contributed by atoms with E-state index in [1.807, 2.05) is 18.2 Å². The van der Waals surface area contributed by atoms with E-state index in [-0.39, 0.29) is 0 Å². The van der Waals surface area contributed by atoms with E-state index in [0.717, 1.165) is 6.61 Å². The van der Waals surface area contributed by atoms with Crippen molar-refractivity contribution in [2.24, 2.45) is 0 Å². The molecular formula is C11H14O8. The maximum absolute atomic E-state index is 10.3. The molecule has 19 heavy (non-hydrogen) atoms. The third-order valence-electron chi connectivity index (χ3n) is 1.90. The summed E-state index contributed by atoms with van der Waals surface area (Å²) in [5.41, 5.74) is -2.74. The smallest absolute Gasteiger partial charge is 0.336 e. The van der Waals surface area contributed by atoms with Crippen LogP contribution in [0.1, 0.15) is 12.8 Å². The zero-order chi connectivity index (χ0) is 14.9. The van der Waals surface area contributed by atoms with E-state index in [2.05, 4.69) is 0 Å². The van der Waals surface area contributed by atoms with Gasteiger partial charge >= 0.3 is 17.9 Å². The van der Waals surface area contributed by atoms with Crippen LogP contribution < -0.4 is 0 Å². The second kappa shape index (κ2) is 7.88. The normalized spacial score (nSPS) is 12.9. The number of aliphatic hydroxyl groups is 1. The number of allylic oxidation sites excluding steroid dienone is 2. The monoisotopic (exact) mass is 274 g/mol. The first-order chi connectivity index (χ1) is 8.78. The maximum atomic E-state index is 10.3. The summed E-state index contributed by atoms with van der Waals surface area (Å²) >= 11 is 0. The van der Waals surface area contributed by atoms with Crippen LogP contribution in [0.15, 0.2) is 24.5 Å². The van der Waals surface area contributed by atoms with Gasteiger partial charge in [-0.05, 0) is 12.2 Å². The lowest BCUT2D eigenvalue weighted by atomic mass is 9.96. The molecule has 4 N–H and O–H groups in total. The molecule has 0 aromatic rings. The molecule has 0 amide bonds. The van der Waals surface area contributed by atoms with Gasteiger partial charge in [-0.2, -0.15) is 0 Å². The molecule has 0 aromatic carbocycles. The van der Waals surface area contributed by atoms with E-state index in [9.17, 15) is 14.4 Å². The average Bonchev–Trinajstić information content (AvgIpc) is 2.29. The molecule has 0 saturated carbocycles. The molecule has 1 heterocycles. The van der Waals surface area contributed by atoms with E-state index in [1.165, 1.54) is 0 Å². The Labute approximate surface area is 108 Å². The van der Waals surface area contributed by atoms with Crippen molar-refractivity contribution in [2.45, 2.75) is 18.4 Å². The number of hydrogen-bond acceptors (Lipinski definition) is 5. The second-order valence-electron chi connectivity index (χ2n) is 3.57. The molecule has 0 aromatic heterocycles. The summed E-state index contributed by atoms with van der Waals surface area (Å²) in [5, 5.41) is 33.8. The quantitative estimate of drug-likeness (QED) is 0.541. The van der Waals surface area contributed by atoms with Crippen molar-refractivity contribution >= 4 is 17.9 Å². The van der Waals surface area contributed by atoms with Crippen LogP contribution in [-0.4, -0.2) is 50.5 Å². The second-order valence-corrected chi connectivity index (χ2v) is 3.57. The van der Waals surface area contributed by atoms with Gasteiger partial charge in [0.15, 0.2) is 5.60 Å². The standard InChI is InChI=1S/C6H8O7.C5H6O/c7-3(8)1-6(13,5(11)12)2-4(9)10;1-2-4-6-5-3-1/h13H,1-2H2,(H,7,8)(H,9,10)(H,11,12);1-4H,5H2. The van der Waals surface area contributed by atoms with E-state index in [0.29, 0.717) is 0 Å². The first-order valence-electron chi connectivity index (χ1n) is 5.10. The third-order valence-corrected chi connectivity index (χ3v) is 1.90. The van der Waals surface area contributed by atoms with Gasteiger partial charge in [0.2, 0.25) is 0 Å². The minimum atomic E-state index is -2.74. The fraction of sp³-hybridized carbons (Fsp3) is 0.364. The summed E-state index contributed by atoms with van der Waals surface area (Å²) in [6.45, 7) is 0.733. The highest BCUT2D eigenvalue weighted by molar-refractivity contribution is 5.88. The molecule has 8 nitrogen and oxygen atoms in total. The summed E-state index contributed by atoms with van der Waals surface area (Å²) in [4.78, 5) is 30.5. The molecule has 106 valence electrons. The zero-order valence-corrected chi connectivity index (χ0v) is 9.85. The van der Waals surface area contributed by atoms with Gasteiger partial charge in [-0.1, -0.05) is 6.08 Å². The number of hydrogen-bond donors (Lipinski definition) is 4. The molecule has 0 unspecified atom stereocenters. The first kappa shape index (κ1) is 16.6. The number of carboxylic acid groups (broad SMARTS) is 3. The molecule has 0 fully saturated rings. The van der Waals surface area contributed by atoms with Gasteiger partial charge in [0.05, 0.1) is 19.1 Å². The Morgan fingerprint density at radius 3 is 1.74 bits per heavy atom. The summed E-state index contributed by atoms with van der Waals surface area (Å²) in [7, 11) is 0. The van der Waals surface area contributed by atoms with Crippen LogP contribution in [-0.2, 0) is 19.1 Å². The Balaban J connectivity index is 0.000000443. The molecule has 0 atom stereocenters. The van der Waals surface area contributed by atoms with E-state index in [1.54, 1.807) is 6.26 Å². The Morgan fingerprint density at radius 2 is 1.58 bits per heavy atom. The van der Waals surface area contributed by atoms with Gasteiger partial charge in [0.25, 0.3) is 0 Å². The van der Waals surface area contributed by atoms with Crippen molar-refractivity contribution in [2.75, 3.05) is 6.61 Å². The predicted molar refractivity (Wildman–Crippen MR) is 61.3 cm³/mol. The molecule has 8 heteroatoms. The van der Waals surface area contributed by atoms with Gasteiger partial charge < -0.3 is 25.2 Å². The Kier molecular flexibility index (Phi) is 6.90. The molecule has 0 radical (unpaired) electrons. The minimum absolute atomic E-state index is 0.733. The van der Waals surface area contributed by atoms with Gasteiger partial charge in [0, 0.05) is 0 Å². The van der Waals surface area contributed by atoms with Crippen LogP contribution in [0.3, 0.4) is 0 Å². The topological polar surface area (TPSA) is 141 Å². The van der Waals surface area contributed by atoms with E-state index < -0.39 is 36.4 Å². The lowest BCUT2D eigenvalue weighted by molar-refractivity contribution is -0.170. The fourth-order valence-electron chi connectivity index (χ4n) is 1.06. The number of ether oxygens (including phenoxy) is 1. The van der Waals surface area contributed by atoms with Gasteiger partial charge in [-0.15, -0.1) is 0 Å². The van der Waals surface area contributed by atoms with Gasteiger partial charge in [-0.25, -0.2) is 4.79 Å². The van der Waals surface area contributed by atoms with Gasteiger partial charge in [-0.3, -0.25) is 9.59 Å². The van der Waals surface area contributed by atoms with Crippen molar-refractivity contribution in [3.05, 3.63) is 24.5 Å². The molecule has 1 rings (SSSR count). The van der Waals surface area contributed by atoms with Crippen LogP contribution in [0.5, 0.6) is 0 Å². The van der Waals surface area contributed by atoms with Crippen molar-refractivity contribution in [3.63, 3.8) is 0 Å². The van der Waals surface area contributed by atoms with Crippen LogP contribution in [0.2, 0.25) is 0 Å². The SMILES string of the molecule is C1=CCOC=C1.O=C(O)CC(O)(CC(=O)O)C(=O)O. The van der Waals surface area contributed by atoms with Crippen molar-refractivity contribution < 1.29 is 39.5 Å². The summed E-state index contributed by atoms with van der Waals surface area (Å²) in [6, 6.07) is 0.